The van der Waals surface area contributed by atoms with Crippen LogP contribution in [0.5, 0.6) is 0 Å². The third kappa shape index (κ3) is 2.78. The summed E-state index contributed by atoms with van der Waals surface area (Å²) in [5, 5.41) is 4.36. The van der Waals surface area contributed by atoms with Crippen LogP contribution in [0.1, 0.15) is 34.8 Å². The summed E-state index contributed by atoms with van der Waals surface area (Å²) in [5.41, 5.74) is 4.90. The lowest BCUT2D eigenvalue weighted by Gasteiger charge is -2.31. The number of ketones is 1. The first-order valence-corrected chi connectivity index (χ1v) is 8.08. The number of carbonyl (C=O) groups excluding carboxylic acids is 1. The summed E-state index contributed by atoms with van der Waals surface area (Å²) in [5.74, 6) is 0.156. The highest BCUT2D eigenvalue weighted by Crippen LogP contribution is 2.28. The van der Waals surface area contributed by atoms with Crippen LogP contribution < -0.4 is 4.90 Å². The molecule has 1 aromatic carbocycles. The summed E-state index contributed by atoms with van der Waals surface area (Å²) in [6, 6.07) is 8.37. The molecule has 0 fully saturated rings. The van der Waals surface area contributed by atoms with E-state index in [-0.39, 0.29) is 5.78 Å². The normalized spacial score (nSPS) is 14.2. The predicted molar refractivity (Wildman–Crippen MR) is 85.0 cm³/mol. The third-order valence-corrected chi connectivity index (χ3v) is 4.68. The molecule has 0 spiro atoms. The number of aryl methyl sites for hydroxylation is 1. The number of carbonyl (C=O) groups is 1. The van der Waals surface area contributed by atoms with Crippen molar-refractivity contribution in [1.29, 1.82) is 0 Å². The maximum absolute atomic E-state index is 11.5. The van der Waals surface area contributed by atoms with Crippen molar-refractivity contribution in [3.8, 4) is 0 Å². The molecule has 104 valence electrons. The zero-order valence-electron chi connectivity index (χ0n) is 11.8. The van der Waals surface area contributed by atoms with Gasteiger partial charge in [-0.2, -0.15) is 11.3 Å². The summed E-state index contributed by atoms with van der Waals surface area (Å²) < 4.78 is 0. The van der Waals surface area contributed by atoms with E-state index in [4.69, 9.17) is 0 Å². The Bertz CT molecular complexity index is 603. The zero-order valence-corrected chi connectivity index (χ0v) is 12.6. The highest BCUT2D eigenvalue weighted by molar-refractivity contribution is 7.07. The summed E-state index contributed by atoms with van der Waals surface area (Å²) in [7, 11) is 0. The van der Waals surface area contributed by atoms with E-state index in [1.54, 1.807) is 18.3 Å². The molecular weight excluding hydrogens is 266 g/mol. The van der Waals surface area contributed by atoms with Crippen molar-refractivity contribution in [1.82, 2.24) is 0 Å². The molecule has 0 amide bonds. The molecule has 1 aliphatic rings. The van der Waals surface area contributed by atoms with Gasteiger partial charge >= 0.3 is 0 Å². The Balaban J connectivity index is 1.77. The van der Waals surface area contributed by atoms with Gasteiger partial charge in [-0.3, -0.25) is 4.79 Å². The number of rotatable bonds is 4. The molecule has 3 rings (SSSR count). The lowest BCUT2D eigenvalue weighted by Crippen LogP contribution is -2.31. The van der Waals surface area contributed by atoms with Gasteiger partial charge in [-0.1, -0.05) is 0 Å². The number of anilines is 1. The molecule has 0 radical (unpaired) electrons. The van der Waals surface area contributed by atoms with Gasteiger partial charge in [0, 0.05) is 24.3 Å². The van der Waals surface area contributed by atoms with E-state index in [0.717, 1.165) is 31.5 Å². The molecule has 1 aliphatic heterocycles. The van der Waals surface area contributed by atoms with Crippen LogP contribution in [0.3, 0.4) is 0 Å². The van der Waals surface area contributed by atoms with Gasteiger partial charge in [0.2, 0.25) is 0 Å². The lowest BCUT2D eigenvalue weighted by atomic mass is 9.97. The van der Waals surface area contributed by atoms with Crippen LogP contribution in [0, 0.1) is 0 Å². The molecule has 3 heteroatoms. The quantitative estimate of drug-likeness (QED) is 0.793. The Morgan fingerprint density at radius 3 is 3.00 bits per heavy atom. The molecular formula is C17H19NOS. The SMILES string of the molecule is CC(=O)c1ccc2c(c1)CCCN2CCc1ccsc1. The number of nitrogens with zero attached hydrogens (tertiary/aromatic N) is 1. The molecule has 2 heterocycles. The minimum absolute atomic E-state index is 0.156. The number of hydrogen-bond acceptors (Lipinski definition) is 3. The molecule has 0 saturated carbocycles. The second-order valence-corrected chi connectivity index (χ2v) is 6.15. The Morgan fingerprint density at radius 2 is 2.25 bits per heavy atom. The highest BCUT2D eigenvalue weighted by atomic mass is 32.1. The molecule has 1 aromatic heterocycles. The summed E-state index contributed by atoms with van der Waals surface area (Å²) in [6.07, 6.45) is 3.36. The van der Waals surface area contributed by atoms with Crippen molar-refractivity contribution >= 4 is 22.8 Å². The molecule has 2 aromatic rings. The minimum atomic E-state index is 0.156. The number of benzene rings is 1. The maximum Gasteiger partial charge on any atom is 0.159 e. The van der Waals surface area contributed by atoms with Crippen LogP contribution in [0.15, 0.2) is 35.0 Å². The van der Waals surface area contributed by atoms with Gasteiger partial charge in [0.15, 0.2) is 5.78 Å². The first kappa shape index (κ1) is 13.4. The number of thiophene rings is 1. The fourth-order valence-corrected chi connectivity index (χ4v) is 3.53. The minimum Gasteiger partial charge on any atom is -0.371 e. The summed E-state index contributed by atoms with van der Waals surface area (Å²) >= 11 is 1.76. The second-order valence-electron chi connectivity index (χ2n) is 5.37. The first-order valence-electron chi connectivity index (χ1n) is 7.14. The molecule has 0 aliphatic carbocycles. The van der Waals surface area contributed by atoms with Gasteiger partial charge in [0.25, 0.3) is 0 Å². The van der Waals surface area contributed by atoms with Crippen molar-refractivity contribution in [3.05, 3.63) is 51.7 Å². The molecule has 0 unspecified atom stereocenters. The molecule has 0 bridgehead atoms. The van der Waals surface area contributed by atoms with Gasteiger partial charge in [-0.25, -0.2) is 0 Å². The fraction of sp³-hybridized carbons (Fsp3) is 0.353. The van der Waals surface area contributed by atoms with Crippen LogP contribution in [0.2, 0.25) is 0 Å². The maximum atomic E-state index is 11.5. The smallest absolute Gasteiger partial charge is 0.159 e. The molecule has 20 heavy (non-hydrogen) atoms. The van der Waals surface area contributed by atoms with Crippen LogP contribution in [0.25, 0.3) is 0 Å². The first-order chi connectivity index (χ1) is 9.74. The van der Waals surface area contributed by atoms with Crippen LogP contribution in [-0.4, -0.2) is 18.9 Å². The Hall–Kier alpha value is -1.61. The second kappa shape index (κ2) is 5.80. The highest BCUT2D eigenvalue weighted by Gasteiger charge is 2.17. The van der Waals surface area contributed by atoms with E-state index in [0.29, 0.717) is 0 Å². The van der Waals surface area contributed by atoms with Crippen molar-refractivity contribution in [2.75, 3.05) is 18.0 Å². The lowest BCUT2D eigenvalue weighted by molar-refractivity contribution is 0.101. The molecule has 0 N–H and O–H groups in total. The Kier molecular flexibility index (Phi) is 3.88. The van der Waals surface area contributed by atoms with Crippen LogP contribution >= 0.6 is 11.3 Å². The Labute approximate surface area is 124 Å². The van der Waals surface area contributed by atoms with Crippen LogP contribution in [0.4, 0.5) is 5.69 Å². The topological polar surface area (TPSA) is 20.3 Å². The molecule has 0 atom stereocenters. The summed E-state index contributed by atoms with van der Waals surface area (Å²) in [6.45, 7) is 3.82. The van der Waals surface area contributed by atoms with E-state index in [9.17, 15) is 4.79 Å². The number of hydrogen-bond donors (Lipinski definition) is 0. The number of Topliss-reactive ketones (excluding diaryl/α,β-unsaturated/α-hetero) is 1. The molecule has 2 nitrogen and oxygen atoms in total. The zero-order chi connectivity index (χ0) is 13.9. The fourth-order valence-electron chi connectivity index (χ4n) is 2.83. The van der Waals surface area contributed by atoms with Gasteiger partial charge < -0.3 is 4.90 Å². The molecule has 0 saturated heterocycles. The summed E-state index contributed by atoms with van der Waals surface area (Å²) in [4.78, 5) is 13.9. The van der Waals surface area contributed by atoms with Crippen molar-refractivity contribution < 1.29 is 4.79 Å². The van der Waals surface area contributed by atoms with E-state index < -0.39 is 0 Å². The van der Waals surface area contributed by atoms with Gasteiger partial charge in [0.05, 0.1) is 0 Å². The van der Waals surface area contributed by atoms with E-state index in [2.05, 4.69) is 33.9 Å². The van der Waals surface area contributed by atoms with Gasteiger partial charge in [-0.05, 0) is 72.3 Å². The predicted octanol–water partition coefficient (Wildman–Crippen LogP) is 3.95. The van der Waals surface area contributed by atoms with Crippen molar-refractivity contribution in [3.63, 3.8) is 0 Å². The monoisotopic (exact) mass is 285 g/mol. The van der Waals surface area contributed by atoms with Crippen molar-refractivity contribution in [2.45, 2.75) is 26.2 Å². The Morgan fingerprint density at radius 1 is 1.35 bits per heavy atom. The van der Waals surface area contributed by atoms with Crippen molar-refractivity contribution in [2.24, 2.45) is 0 Å². The average Bonchev–Trinajstić information content (AvgIpc) is 2.97. The van der Waals surface area contributed by atoms with E-state index in [1.165, 1.54) is 23.2 Å². The van der Waals surface area contributed by atoms with E-state index in [1.807, 2.05) is 6.07 Å². The number of fused-ring (bicyclic) bond motifs is 1. The standard InChI is InChI=1S/C17H19NOS/c1-13(19)15-4-5-17-16(11-15)3-2-8-18(17)9-6-14-7-10-20-12-14/h4-5,7,10-12H,2-3,6,8-9H2,1H3. The average molecular weight is 285 g/mol. The van der Waals surface area contributed by atoms with Crippen LogP contribution in [-0.2, 0) is 12.8 Å². The van der Waals surface area contributed by atoms with Gasteiger partial charge in [-0.15, -0.1) is 0 Å². The third-order valence-electron chi connectivity index (χ3n) is 3.95. The largest absolute Gasteiger partial charge is 0.371 e. The van der Waals surface area contributed by atoms with Gasteiger partial charge in [0.1, 0.15) is 0 Å². The van der Waals surface area contributed by atoms with E-state index >= 15 is 0 Å².